The lowest BCUT2D eigenvalue weighted by atomic mass is 10.2. The molecule has 0 spiro atoms. The minimum Gasteiger partial charge on any atom is -0.351 e. The maximum Gasteiger partial charge on any atom is 0.241 e. The lowest BCUT2D eigenvalue weighted by Gasteiger charge is -2.15. The molecule has 0 radical (unpaired) electrons. The van der Waals surface area contributed by atoms with Crippen molar-refractivity contribution < 1.29 is 13.2 Å². The summed E-state index contributed by atoms with van der Waals surface area (Å²) in [4.78, 5) is 12.2. The van der Waals surface area contributed by atoms with E-state index < -0.39 is 22.0 Å². The number of carbonyl (C=O) groups is 1. The fourth-order valence-electron chi connectivity index (χ4n) is 1.95. The zero-order valence-electron chi connectivity index (χ0n) is 12.8. The average Bonchev–Trinajstić information content (AvgIpc) is 2.54. The number of nitrogens with one attached hydrogen (secondary N) is 2. The minimum atomic E-state index is -3.76. The Morgan fingerprint density at radius 1 is 1.12 bits per heavy atom. The van der Waals surface area contributed by atoms with Crippen LogP contribution in [-0.4, -0.2) is 20.4 Å². The molecule has 0 unspecified atom stereocenters. The molecule has 1 amide bonds. The normalized spacial score (nSPS) is 12.6. The maximum absolute atomic E-state index is 12.2. The van der Waals surface area contributed by atoms with Crippen LogP contribution in [0, 0.1) is 0 Å². The summed E-state index contributed by atoms with van der Waals surface area (Å²) >= 11 is 11.8. The van der Waals surface area contributed by atoms with Gasteiger partial charge in [-0.2, -0.15) is 4.72 Å². The molecule has 24 heavy (non-hydrogen) atoms. The van der Waals surface area contributed by atoms with Gasteiger partial charge in [0, 0.05) is 16.6 Å². The van der Waals surface area contributed by atoms with Gasteiger partial charge >= 0.3 is 0 Å². The van der Waals surface area contributed by atoms with E-state index in [-0.39, 0.29) is 11.4 Å². The van der Waals surface area contributed by atoms with Crippen LogP contribution in [0.15, 0.2) is 53.4 Å². The molecule has 128 valence electrons. The Morgan fingerprint density at radius 3 is 2.42 bits per heavy atom. The molecule has 2 aromatic rings. The number of halogens is 2. The number of rotatable bonds is 6. The smallest absolute Gasteiger partial charge is 0.241 e. The van der Waals surface area contributed by atoms with Gasteiger partial charge in [0.25, 0.3) is 0 Å². The molecular weight excluding hydrogens is 371 g/mol. The summed E-state index contributed by atoms with van der Waals surface area (Å²) in [5.74, 6) is -0.458. The van der Waals surface area contributed by atoms with Crippen LogP contribution in [0.1, 0.15) is 12.5 Å². The second kappa shape index (κ2) is 7.98. The van der Waals surface area contributed by atoms with E-state index >= 15 is 0 Å². The molecule has 5 nitrogen and oxygen atoms in total. The van der Waals surface area contributed by atoms with Crippen molar-refractivity contribution in [2.45, 2.75) is 24.4 Å². The fraction of sp³-hybridized carbons (Fsp3) is 0.188. The summed E-state index contributed by atoms with van der Waals surface area (Å²) < 4.78 is 26.7. The maximum atomic E-state index is 12.2. The Bertz CT molecular complexity index is 826. The van der Waals surface area contributed by atoms with Gasteiger partial charge in [0.15, 0.2) is 0 Å². The Hall–Kier alpha value is -1.60. The molecule has 0 aromatic heterocycles. The van der Waals surface area contributed by atoms with Crippen molar-refractivity contribution in [2.75, 3.05) is 0 Å². The van der Waals surface area contributed by atoms with Gasteiger partial charge in [0.05, 0.1) is 10.9 Å². The molecule has 0 saturated heterocycles. The summed E-state index contributed by atoms with van der Waals surface area (Å²) in [6.07, 6.45) is 0. The van der Waals surface area contributed by atoms with Crippen LogP contribution < -0.4 is 10.0 Å². The predicted octanol–water partition coefficient (Wildman–Crippen LogP) is 2.98. The number of benzene rings is 2. The largest absolute Gasteiger partial charge is 0.351 e. The Labute approximate surface area is 151 Å². The van der Waals surface area contributed by atoms with E-state index in [0.29, 0.717) is 15.6 Å². The van der Waals surface area contributed by atoms with Crippen LogP contribution in [0.25, 0.3) is 0 Å². The van der Waals surface area contributed by atoms with E-state index in [1.807, 2.05) is 0 Å². The highest BCUT2D eigenvalue weighted by molar-refractivity contribution is 7.89. The van der Waals surface area contributed by atoms with Crippen LogP contribution in [0.5, 0.6) is 0 Å². The molecule has 2 rings (SSSR count). The molecule has 1 atom stereocenters. The van der Waals surface area contributed by atoms with E-state index in [1.165, 1.54) is 19.1 Å². The first-order chi connectivity index (χ1) is 11.3. The number of hydrogen-bond donors (Lipinski definition) is 2. The van der Waals surface area contributed by atoms with E-state index in [1.54, 1.807) is 36.4 Å². The van der Waals surface area contributed by atoms with Crippen LogP contribution in [0.3, 0.4) is 0 Å². The molecule has 8 heteroatoms. The van der Waals surface area contributed by atoms with Gasteiger partial charge in [-0.15, -0.1) is 0 Å². The van der Waals surface area contributed by atoms with Crippen LogP contribution >= 0.6 is 23.2 Å². The van der Waals surface area contributed by atoms with Gasteiger partial charge in [-0.05, 0) is 36.8 Å². The highest BCUT2D eigenvalue weighted by Gasteiger charge is 2.21. The standard InChI is InChI=1S/C16H16Cl2N2O3S/c1-11(20-24(22,23)14-5-3-2-4-6-14)16(21)19-10-12-7-8-13(17)9-15(12)18/h2-9,11,20H,10H2,1H3,(H,19,21)/t11-/m1/s1. The topological polar surface area (TPSA) is 75.3 Å². The predicted molar refractivity (Wildman–Crippen MR) is 94.5 cm³/mol. The summed E-state index contributed by atoms with van der Waals surface area (Å²) in [7, 11) is -3.76. The Morgan fingerprint density at radius 2 is 1.79 bits per heavy atom. The first kappa shape index (κ1) is 18.7. The van der Waals surface area contributed by atoms with Gasteiger partial charge < -0.3 is 5.32 Å². The molecule has 0 aliphatic carbocycles. The SMILES string of the molecule is C[C@@H](NS(=O)(=O)c1ccccc1)C(=O)NCc1ccc(Cl)cc1Cl. The van der Waals surface area contributed by atoms with Gasteiger partial charge in [-0.1, -0.05) is 47.5 Å². The first-order valence-electron chi connectivity index (χ1n) is 7.08. The fourth-order valence-corrected chi connectivity index (χ4v) is 3.65. The van der Waals surface area contributed by atoms with Crippen molar-refractivity contribution in [2.24, 2.45) is 0 Å². The lowest BCUT2D eigenvalue weighted by molar-refractivity contribution is -0.122. The number of carbonyl (C=O) groups excluding carboxylic acids is 1. The summed E-state index contributed by atoms with van der Waals surface area (Å²) in [6.45, 7) is 1.64. The third-order valence-corrected chi connectivity index (χ3v) is 5.39. The second-order valence-electron chi connectivity index (χ2n) is 5.11. The first-order valence-corrected chi connectivity index (χ1v) is 9.32. The van der Waals surface area contributed by atoms with E-state index in [9.17, 15) is 13.2 Å². The zero-order valence-corrected chi connectivity index (χ0v) is 15.1. The van der Waals surface area contributed by atoms with Crippen molar-refractivity contribution >= 4 is 39.1 Å². The summed E-state index contributed by atoms with van der Waals surface area (Å²) in [5.41, 5.74) is 0.688. The quantitative estimate of drug-likeness (QED) is 0.800. The molecule has 0 bridgehead atoms. The monoisotopic (exact) mass is 386 g/mol. The van der Waals surface area contributed by atoms with Crippen LogP contribution in [0.2, 0.25) is 10.0 Å². The van der Waals surface area contributed by atoms with Gasteiger partial charge in [0.1, 0.15) is 0 Å². The van der Waals surface area contributed by atoms with Gasteiger partial charge in [-0.3, -0.25) is 4.79 Å². The van der Waals surface area contributed by atoms with E-state index in [0.717, 1.165) is 0 Å². The molecule has 0 fully saturated rings. The molecule has 0 aliphatic rings. The van der Waals surface area contributed by atoms with E-state index in [2.05, 4.69) is 10.0 Å². The van der Waals surface area contributed by atoms with Crippen molar-refractivity contribution in [1.29, 1.82) is 0 Å². The van der Waals surface area contributed by atoms with Crippen LogP contribution in [0.4, 0.5) is 0 Å². The van der Waals surface area contributed by atoms with Gasteiger partial charge in [-0.25, -0.2) is 8.42 Å². The number of hydrogen-bond acceptors (Lipinski definition) is 3. The van der Waals surface area contributed by atoms with Crippen molar-refractivity contribution in [3.63, 3.8) is 0 Å². The number of sulfonamides is 1. The van der Waals surface area contributed by atoms with Crippen LogP contribution in [-0.2, 0) is 21.4 Å². The summed E-state index contributed by atoms with van der Waals surface area (Å²) in [5, 5.41) is 3.57. The molecule has 0 saturated carbocycles. The lowest BCUT2D eigenvalue weighted by Crippen LogP contribution is -2.44. The molecule has 2 N–H and O–H groups in total. The van der Waals surface area contributed by atoms with Crippen molar-refractivity contribution in [3.05, 3.63) is 64.1 Å². The van der Waals surface area contributed by atoms with Crippen molar-refractivity contribution in [1.82, 2.24) is 10.0 Å². The molecule has 0 heterocycles. The Kier molecular flexibility index (Phi) is 6.23. The molecule has 2 aromatic carbocycles. The van der Waals surface area contributed by atoms with E-state index in [4.69, 9.17) is 23.2 Å². The third-order valence-electron chi connectivity index (χ3n) is 3.25. The number of amides is 1. The average molecular weight is 387 g/mol. The molecular formula is C16H16Cl2N2O3S. The Balaban J connectivity index is 1.97. The second-order valence-corrected chi connectivity index (χ2v) is 7.67. The summed E-state index contributed by atoms with van der Waals surface area (Å²) in [6, 6.07) is 11.9. The third kappa shape index (κ3) is 4.95. The zero-order chi connectivity index (χ0) is 17.7. The van der Waals surface area contributed by atoms with Crippen molar-refractivity contribution in [3.8, 4) is 0 Å². The molecule has 0 aliphatic heterocycles. The minimum absolute atomic E-state index is 0.102. The highest BCUT2D eigenvalue weighted by Crippen LogP contribution is 2.20. The highest BCUT2D eigenvalue weighted by atomic mass is 35.5. The van der Waals surface area contributed by atoms with Gasteiger partial charge in [0.2, 0.25) is 15.9 Å².